The molecule has 1 heterocycles. The highest BCUT2D eigenvalue weighted by atomic mass is 35.5. The summed E-state index contributed by atoms with van der Waals surface area (Å²) in [5.41, 5.74) is 2.79. The van der Waals surface area contributed by atoms with Crippen molar-refractivity contribution in [3.05, 3.63) is 71.8 Å². The number of benzene rings is 3. The third-order valence-corrected chi connectivity index (χ3v) is 5.90. The van der Waals surface area contributed by atoms with Gasteiger partial charge in [-0.05, 0) is 55.6 Å². The molecule has 3 aromatic carbocycles. The molecule has 0 spiro atoms. The minimum atomic E-state index is -0.00990. The van der Waals surface area contributed by atoms with Gasteiger partial charge in [0, 0.05) is 18.7 Å². The zero-order chi connectivity index (χ0) is 19.7. The smallest absolute Gasteiger partial charge is 0.260 e. The molecule has 4 aromatic rings. The van der Waals surface area contributed by atoms with E-state index in [1.807, 2.05) is 61.5 Å². The molecule has 0 radical (unpaired) electrons. The molecule has 0 N–H and O–H groups in total. The number of nitrogens with zero attached hydrogens (tertiary/aromatic N) is 3. The van der Waals surface area contributed by atoms with Crippen molar-refractivity contribution in [2.24, 2.45) is 0 Å². The second kappa shape index (κ2) is 8.91. The number of hydrogen-bond donors (Lipinski definition) is 0. The summed E-state index contributed by atoms with van der Waals surface area (Å²) in [4.78, 5) is 22.1. The number of para-hydroxylation sites is 1. The van der Waals surface area contributed by atoms with E-state index >= 15 is 0 Å². The standard InChI is InChI=1S/C23H23N3OS.ClH/c1-16-7-6-10-20-21(16)24-23(28-20)26(14-13-25(2)3)22(27)19-12-11-17-8-4-5-9-18(17)15-19;/h4-12,15H,13-14H2,1-3H3;1H/p-1. The summed E-state index contributed by atoms with van der Waals surface area (Å²) < 4.78 is 1.11. The van der Waals surface area contributed by atoms with Crippen LogP contribution in [-0.2, 0) is 0 Å². The molecule has 1 aromatic heterocycles. The molecule has 0 atom stereocenters. The predicted octanol–water partition coefficient (Wildman–Crippen LogP) is 1.97. The molecular formula is C23H23ClN3OS-. The molecule has 0 aliphatic carbocycles. The van der Waals surface area contributed by atoms with Gasteiger partial charge in [0.1, 0.15) is 0 Å². The van der Waals surface area contributed by atoms with Crippen molar-refractivity contribution in [1.29, 1.82) is 0 Å². The van der Waals surface area contributed by atoms with E-state index < -0.39 is 0 Å². The van der Waals surface area contributed by atoms with Gasteiger partial charge in [0.05, 0.1) is 10.2 Å². The number of hydrogen-bond acceptors (Lipinski definition) is 4. The average molecular weight is 425 g/mol. The van der Waals surface area contributed by atoms with Crippen LogP contribution < -0.4 is 17.3 Å². The molecule has 0 aliphatic rings. The molecule has 0 saturated carbocycles. The van der Waals surface area contributed by atoms with Crippen LogP contribution in [0.1, 0.15) is 15.9 Å². The maximum atomic E-state index is 13.4. The first-order valence-electron chi connectivity index (χ1n) is 9.34. The molecule has 29 heavy (non-hydrogen) atoms. The third kappa shape index (κ3) is 4.42. The topological polar surface area (TPSA) is 36.4 Å². The summed E-state index contributed by atoms with van der Waals surface area (Å²) in [6, 6.07) is 20.2. The Morgan fingerprint density at radius 1 is 0.966 bits per heavy atom. The van der Waals surface area contributed by atoms with Gasteiger partial charge in [0.15, 0.2) is 5.13 Å². The first-order valence-corrected chi connectivity index (χ1v) is 10.2. The molecule has 0 fully saturated rings. The fourth-order valence-electron chi connectivity index (χ4n) is 3.25. The maximum Gasteiger partial charge on any atom is 0.260 e. The van der Waals surface area contributed by atoms with Crippen LogP contribution >= 0.6 is 11.3 Å². The van der Waals surface area contributed by atoms with Gasteiger partial charge in [0.2, 0.25) is 0 Å². The van der Waals surface area contributed by atoms with Gasteiger partial charge in [-0.15, -0.1) is 0 Å². The van der Waals surface area contributed by atoms with Gasteiger partial charge >= 0.3 is 0 Å². The second-order valence-electron chi connectivity index (χ2n) is 7.24. The largest absolute Gasteiger partial charge is 1.00 e. The monoisotopic (exact) mass is 424 g/mol. The summed E-state index contributed by atoms with van der Waals surface area (Å²) in [7, 11) is 4.03. The van der Waals surface area contributed by atoms with Crippen molar-refractivity contribution >= 4 is 43.4 Å². The maximum absolute atomic E-state index is 13.4. The van der Waals surface area contributed by atoms with Gasteiger partial charge in [-0.2, -0.15) is 0 Å². The molecule has 6 heteroatoms. The Kier molecular flexibility index (Phi) is 6.52. The first kappa shape index (κ1) is 21.2. The SMILES string of the molecule is Cc1cccc2sc(N(CCN(C)C)C(=O)c3ccc4ccccc4c3)nc12.[Cl-]. The summed E-state index contributed by atoms with van der Waals surface area (Å²) >= 11 is 1.57. The number of halogens is 1. The summed E-state index contributed by atoms with van der Waals surface area (Å²) in [5.74, 6) is -0.00990. The van der Waals surface area contributed by atoms with E-state index in [-0.39, 0.29) is 18.3 Å². The van der Waals surface area contributed by atoms with Crippen molar-refractivity contribution in [1.82, 2.24) is 9.88 Å². The van der Waals surface area contributed by atoms with Gasteiger partial charge < -0.3 is 17.3 Å². The first-order chi connectivity index (χ1) is 13.5. The minimum Gasteiger partial charge on any atom is -1.00 e. The summed E-state index contributed by atoms with van der Waals surface area (Å²) in [5, 5.41) is 2.96. The Labute approximate surface area is 181 Å². The van der Waals surface area contributed by atoms with E-state index in [1.165, 1.54) is 0 Å². The molecule has 1 amide bonds. The van der Waals surface area contributed by atoms with E-state index in [4.69, 9.17) is 4.98 Å². The quantitative estimate of drug-likeness (QED) is 0.491. The average Bonchev–Trinajstić information content (AvgIpc) is 3.12. The second-order valence-corrected chi connectivity index (χ2v) is 8.25. The number of aryl methyl sites for hydroxylation is 1. The summed E-state index contributed by atoms with van der Waals surface area (Å²) in [6.07, 6.45) is 0. The lowest BCUT2D eigenvalue weighted by Gasteiger charge is -2.22. The lowest BCUT2D eigenvalue weighted by molar-refractivity contribution is -0.0000133. The van der Waals surface area contributed by atoms with Crippen LogP contribution in [0.3, 0.4) is 0 Å². The number of rotatable bonds is 5. The van der Waals surface area contributed by atoms with Crippen molar-refractivity contribution in [3.8, 4) is 0 Å². The fraction of sp³-hybridized carbons (Fsp3) is 0.217. The number of fused-ring (bicyclic) bond motifs is 2. The highest BCUT2D eigenvalue weighted by Gasteiger charge is 2.22. The van der Waals surface area contributed by atoms with Crippen molar-refractivity contribution in [3.63, 3.8) is 0 Å². The third-order valence-electron chi connectivity index (χ3n) is 4.85. The van der Waals surface area contributed by atoms with E-state index in [0.717, 1.165) is 38.2 Å². The van der Waals surface area contributed by atoms with Crippen LogP contribution in [0.4, 0.5) is 5.13 Å². The van der Waals surface area contributed by atoms with Crippen LogP contribution in [-0.4, -0.2) is 43.0 Å². The highest BCUT2D eigenvalue weighted by Crippen LogP contribution is 2.31. The van der Waals surface area contributed by atoms with Crippen molar-refractivity contribution in [2.75, 3.05) is 32.1 Å². The van der Waals surface area contributed by atoms with Crippen molar-refractivity contribution in [2.45, 2.75) is 6.92 Å². The van der Waals surface area contributed by atoms with E-state index in [1.54, 1.807) is 11.3 Å². The minimum absolute atomic E-state index is 0. The predicted molar refractivity (Wildman–Crippen MR) is 119 cm³/mol. The number of carbonyl (C=O) groups is 1. The Morgan fingerprint density at radius 2 is 1.72 bits per heavy atom. The Bertz CT molecular complexity index is 1160. The lowest BCUT2D eigenvalue weighted by Crippen LogP contribution is -3.00. The zero-order valence-electron chi connectivity index (χ0n) is 16.7. The Morgan fingerprint density at radius 3 is 2.45 bits per heavy atom. The zero-order valence-corrected chi connectivity index (χ0v) is 18.3. The Hall–Kier alpha value is -2.47. The van der Waals surface area contributed by atoms with Crippen LogP contribution in [0, 0.1) is 6.92 Å². The molecule has 4 nitrogen and oxygen atoms in total. The lowest BCUT2D eigenvalue weighted by atomic mass is 10.1. The number of likely N-dealkylation sites (N-methyl/N-ethyl adjacent to an activating group) is 1. The molecule has 0 aliphatic heterocycles. The summed E-state index contributed by atoms with van der Waals surface area (Å²) in [6.45, 7) is 3.42. The van der Waals surface area contributed by atoms with E-state index in [2.05, 4.69) is 30.0 Å². The van der Waals surface area contributed by atoms with Crippen LogP contribution in [0.2, 0.25) is 0 Å². The van der Waals surface area contributed by atoms with Crippen LogP contribution in [0.15, 0.2) is 60.7 Å². The number of thiazole rings is 1. The molecule has 0 bridgehead atoms. The number of amides is 1. The number of carbonyl (C=O) groups excluding carboxylic acids is 1. The van der Waals surface area contributed by atoms with Crippen LogP contribution in [0.5, 0.6) is 0 Å². The van der Waals surface area contributed by atoms with Gasteiger partial charge in [-0.3, -0.25) is 9.69 Å². The van der Waals surface area contributed by atoms with Gasteiger partial charge in [-0.1, -0.05) is 53.8 Å². The van der Waals surface area contributed by atoms with Crippen molar-refractivity contribution < 1.29 is 17.2 Å². The number of aromatic nitrogens is 1. The van der Waals surface area contributed by atoms with Crippen LogP contribution in [0.25, 0.3) is 21.0 Å². The number of anilines is 1. The molecule has 150 valence electrons. The fourth-order valence-corrected chi connectivity index (χ4v) is 4.32. The highest BCUT2D eigenvalue weighted by molar-refractivity contribution is 7.22. The Balaban J connectivity index is 0.00000240. The molecule has 0 saturated heterocycles. The molecular weight excluding hydrogens is 402 g/mol. The molecule has 0 unspecified atom stereocenters. The van der Waals surface area contributed by atoms with Gasteiger partial charge in [0.25, 0.3) is 5.91 Å². The van der Waals surface area contributed by atoms with E-state index in [0.29, 0.717) is 12.1 Å². The van der Waals surface area contributed by atoms with Gasteiger partial charge in [-0.25, -0.2) is 4.98 Å². The normalized spacial score (nSPS) is 11.0. The van der Waals surface area contributed by atoms with E-state index in [9.17, 15) is 4.79 Å². The molecule has 4 rings (SSSR count).